The summed E-state index contributed by atoms with van der Waals surface area (Å²) >= 11 is 0. The zero-order chi connectivity index (χ0) is 45.5. The fourth-order valence-electron chi connectivity index (χ4n) is 8.39. The lowest BCUT2D eigenvalue weighted by atomic mass is 9.78. The smallest absolute Gasteiger partial charge is 0.323 e. The second kappa shape index (κ2) is 20.1. The van der Waals surface area contributed by atoms with E-state index in [1.807, 2.05) is 18.2 Å². The van der Waals surface area contributed by atoms with E-state index >= 15 is 0 Å². The lowest BCUT2D eigenvalue weighted by Crippen LogP contribution is -2.34. The zero-order valence-electron chi connectivity index (χ0n) is 39.8. The monoisotopic (exact) mass is 847 g/mol. The van der Waals surface area contributed by atoms with E-state index in [-0.39, 0.29) is 35.5 Å². The highest BCUT2D eigenvalue weighted by Crippen LogP contribution is 2.41. The molecular weight excluding hydrogens is 777 g/mol. The van der Waals surface area contributed by atoms with Crippen LogP contribution in [0.1, 0.15) is 124 Å². The van der Waals surface area contributed by atoms with Gasteiger partial charge in [-0.05, 0) is 144 Å². The summed E-state index contributed by atoms with van der Waals surface area (Å²) in [6.07, 6.45) is 2.69. The predicted octanol–water partition coefficient (Wildman–Crippen LogP) is 14.2. The molecule has 332 valence electrons. The lowest BCUT2D eigenvalue weighted by Gasteiger charge is -2.34. The van der Waals surface area contributed by atoms with E-state index in [0.717, 1.165) is 58.7 Å². The van der Waals surface area contributed by atoms with Crippen molar-refractivity contribution in [2.75, 3.05) is 15.1 Å². The number of nitrogens with one attached hydrogen (secondary N) is 1. The molecule has 2 atom stereocenters. The number of aromatic nitrogens is 3. The number of para-hydroxylation sites is 1. The van der Waals surface area contributed by atoms with Crippen LogP contribution < -0.4 is 19.9 Å². The molecule has 0 bridgehead atoms. The number of hydrogen-bond acceptors (Lipinski definition) is 8. The third-order valence-electron chi connectivity index (χ3n) is 11.4. The summed E-state index contributed by atoms with van der Waals surface area (Å²) in [4.78, 5) is 20.2. The molecule has 0 amide bonds. The number of phenolic OH excluding ortho intramolecular Hbond substituents is 1. The first-order valence-electron chi connectivity index (χ1n) is 22.7. The van der Waals surface area contributed by atoms with E-state index in [1.165, 1.54) is 11.1 Å². The van der Waals surface area contributed by atoms with Gasteiger partial charge in [-0.1, -0.05) is 130 Å². The van der Waals surface area contributed by atoms with E-state index < -0.39 is 0 Å². The van der Waals surface area contributed by atoms with Gasteiger partial charge in [-0.2, -0.15) is 15.0 Å². The largest absolute Gasteiger partial charge is 0.507 e. The molecule has 8 nitrogen and oxygen atoms in total. The van der Waals surface area contributed by atoms with Gasteiger partial charge in [0.05, 0.1) is 0 Å². The molecule has 0 spiro atoms. The molecular formula is C55H70N6O2. The van der Waals surface area contributed by atoms with Crippen molar-refractivity contribution in [3.63, 3.8) is 0 Å². The van der Waals surface area contributed by atoms with Crippen molar-refractivity contribution in [1.29, 1.82) is 0 Å². The Balaban J connectivity index is 1.48. The van der Waals surface area contributed by atoms with Gasteiger partial charge in [0, 0.05) is 34.8 Å². The predicted molar refractivity (Wildman–Crippen MR) is 264 cm³/mol. The van der Waals surface area contributed by atoms with Crippen LogP contribution in [0.15, 0.2) is 121 Å². The van der Waals surface area contributed by atoms with Crippen LogP contribution in [0.5, 0.6) is 11.8 Å². The Bertz CT molecular complexity index is 2210. The molecule has 63 heavy (non-hydrogen) atoms. The van der Waals surface area contributed by atoms with Crippen LogP contribution in [0.3, 0.4) is 0 Å². The number of hydrogen-bond donors (Lipinski definition) is 2. The summed E-state index contributed by atoms with van der Waals surface area (Å²) in [6, 6.07) is 42.5. The topological polar surface area (TPSA) is 86.6 Å². The van der Waals surface area contributed by atoms with Crippen LogP contribution in [0, 0.1) is 11.8 Å². The van der Waals surface area contributed by atoms with Crippen molar-refractivity contribution in [1.82, 2.24) is 15.0 Å². The highest BCUT2D eigenvalue weighted by atomic mass is 16.5. The quantitative estimate of drug-likeness (QED) is 0.0939. The van der Waals surface area contributed by atoms with E-state index in [1.54, 1.807) is 0 Å². The van der Waals surface area contributed by atoms with Gasteiger partial charge >= 0.3 is 6.01 Å². The SMILES string of the molecule is CC(C)CC(C)N(c1ccc(Cc2ccccc2)cc1)c1nc(OCc2cc(C(C)(C)C)c(O)c(C(C)(C)C)c2)nc(N(c2ccc(Nc3ccccc3)cc2)C(C)CC(C)C)n1. The minimum atomic E-state index is -0.281. The number of ether oxygens (including phenoxy) is 1. The van der Waals surface area contributed by atoms with Crippen molar-refractivity contribution in [2.24, 2.45) is 11.8 Å². The van der Waals surface area contributed by atoms with Gasteiger partial charge in [0.1, 0.15) is 12.4 Å². The zero-order valence-corrected chi connectivity index (χ0v) is 39.8. The van der Waals surface area contributed by atoms with Crippen molar-refractivity contribution in [3.8, 4) is 11.8 Å². The van der Waals surface area contributed by atoms with Gasteiger partial charge in [-0.25, -0.2) is 0 Å². The van der Waals surface area contributed by atoms with Crippen LogP contribution in [0.2, 0.25) is 0 Å². The second-order valence-corrected chi connectivity index (χ2v) is 20.1. The average molecular weight is 847 g/mol. The first-order chi connectivity index (χ1) is 29.8. The third kappa shape index (κ3) is 12.4. The maximum atomic E-state index is 11.5. The molecule has 2 unspecified atom stereocenters. The number of benzene rings is 5. The minimum absolute atomic E-state index is 0.0422. The fourth-order valence-corrected chi connectivity index (χ4v) is 8.39. The Morgan fingerprint density at radius 1 is 0.540 bits per heavy atom. The second-order valence-electron chi connectivity index (χ2n) is 20.1. The van der Waals surface area contributed by atoms with Crippen molar-refractivity contribution in [2.45, 2.75) is 132 Å². The van der Waals surface area contributed by atoms with Crippen molar-refractivity contribution >= 4 is 34.6 Å². The Labute approximate surface area is 377 Å². The van der Waals surface area contributed by atoms with Gasteiger partial charge < -0.3 is 25.0 Å². The van der Waals surface area contributed by atoms with Crippen LogP contribution in [0.25, 0.3) is 0 Å². The molecule has 0 aliphatic heterocycles. The highest BCUT2D eigenvalue weighted by Gasteiger charge is 2.29. The molecule has 0 saturated heterocycles. The summed E-state index contributed by atoms with van der Waals surface area (Å²) in [5.74, 6) is 2.25. The number of aromatic hydroxyl groups is 1. The van der Waals surface area contributed by atoms with Crippen LogP contribution in [-0.2, 0) is 23.9 Å². The Kier molecular flexibility index (Phi) is 14.9. The van der Waals surface area contributed by atoms with Gasteiger partial charge in [0.2, 0.25) is 11.9 Å². The molecule has 0 saturated carbocycles. The lowest BCUT2D eigenvalue weighted by molar-refractivity contribution is 0.279. The summed E-state index contributed by atoms with van der Waals surface area (Å²) in [7, 11) is 0. The molecule has 1 aromatic heterocycles. The summed E-state index contributed by atoms with van der Waals surface area (Å²) in [6.45, 7) is 26.5. The Morgan fingerprint density at radius 3 is 1.43 bits per heavy atom. The third-order valence-corrected chi connectivity index (χ3v) is 11.4. The first kappa shape index (κ1) is 46.6. The number of nitrogens with zero attached hydrogens (tertiary/aromatic N) is 5. The molecule has 1 heterocycles. The van der Waals surface area contributed by atoms with Crippen LogP contribution >= 0.6 is 0 Å². The summed E-state index contributed by atoms with van der Waals surface area (Å²) in [5.41, 5.74) is 8.65. The van der Waals surface area contributed by atoms with Crippen molar-refractivity contribution in [3.05, 3.63) is 149 Å². The molecule has 0 fully saturated rings. The maximum absolute atomic E-state index is 11.5. The number of phenols is 1. The molecule has 6 aromatic rings. The molecule has 8 heteroatoms. The van der Waals surface area contributed by atoms with Gasteiger partial charge in [-0.3, -0.25) is 0 Å². The fraction of sp³-hybridized carbons (Fsp3) is 0.400. The molecule has 0 aliphatic carbocycles. The van der Waals surface area contributed by atoms with Gasteiger partial charge in [0.15, 0.2) is 0 Å². The average Bonchev–Trinajstić information content (AvgIpc) is 3.21. The molecule has 2 N–H and O–H groups in total. The van der Waals surface area contributed by atoms with Gasteiger partial charge in [-0.15, -0.1) is 0 Å². The van der Waals surface area contributed by atoms with Crippen LogP contribution in [0.4, 0.5) is 34.6 Å². The van der Waals surface area contributed by atoms with Crippen LogP contribution in [-0.4, -0.2) is 32.1 Å². The van der Waals surface area contributed by atoms with E-state index in [0.29, 0.717) is 29.5 Å². The molecule has 0 aliphatic rings. The standard InChI is InChI=1S/C55H70N6O2/c1-37(2)31-39(5)60(46-27-23-42(24-28-46)33-41-19-15-13-16-20-41)51-57-52(59-53(58-51)63-36-43-34-48(54(7,8)9)50(62)49(35-43)55(10,11)12)61(40(6)32-38(3)4)47-29-25-45(26-30-47)56-44-21-17-14-18-22-44/h13-30,34-35,37-40,56,62H,31-33,36H2,1-12H3. The number of rotatable bonds is 17. The Hall–Kier alpha value is -5.89. The van der Waals surface area contributed by atoms with Gasteiger partial charge in [0.25, 0.3) is 0 Å². The van der Waals surface area contributed by atoms with E-state index in [2.05, 4.69) is 201 Å². The Morgan fingerprint density at radius 2 is 0.968 bits per heavy atom. The maximum Gasteiger partial charge on any atom is 0.323 e. The van der Waals surface area contributed by atoms with Crippen molar-refractivity contribution < 1.29 is 9.84 Å². The first-order valence-corrected chi connectivity index (χ1v) is 22.7. The summed E-state index contributed by atoms with van der Waals surface area (Å²) in [5, 5.41) is 15.0. The molecule has 5 aromatic carbocycles. The van der Waals surface area contributed by atoms with E-state index in [9.17, 15) is 5.11 Å². The highest BCUT2D eigenvalue weighted by molar-refractivity contribution is 5.67. The molecule has 6 rings (SSSR count). The summed E-state index contributed by atoms with van der Waals surface area (Å²) < 4.78 is 6.71. The normalized spacial score (nSPS) is 12.9. The molecule has 0 radical (unpaired) electrons. The minimum Gasteiger partial charge on any atom is -0.507 e. The number of anilines is 6. The van der Waals surface area contributed by atoms with E-state index in [4.69, 9.17) is 19.7 Å².